The Hall–Kier alpha value is -2.44. The second-order valence-electron chi connectivity index (χ2n) is 7.44. The average Bonchev–Trinajstić information content (AvgIpc) is 2.71. The maximum Gasteiger partial charge on any atom is 0.319 e. The third kappa shape index (κ3) is 5.30. The number of carbonyl (C=O) groups excluding carboxylic acids is 1. The highest BCUT2D eigenvalue weighted by Crippen LogP contribution is 2.25. The molecular weight excluding hydrogens is 357 g/mol. The molecule has 1 fully saturated rings. The van der Waals surface area contributed by atoms with E-state index < -0.39 is 0 Å². The molecular formula is C22H28FN3O2. The zero-order chi connectivity index (χ0) is 20.0. The third-order valence-corrected chi connectivity index (χ3v) is 5.31. The van der Waals surface area contributed by atoms with Gasteiger partial charge in [-0.2, -0.15) is 0 Å². The smallest absolute Gasteiger partial charge is 0.319 e. The van der Waals surface area contributed by atoms with Crippen molar-refractivity contribution >= 4 is 11.7 Å². The molecule has 150 valence electrons. The van der Waals surface area contributed by atoms with Crippen LogP contribution in [0.3, 0.4) is 0 Å². The Kier molecular flexibility index (Phi) is 6.65. The number of rotatable bonds is 6. The minimum Gasteiger partial charge on any atom is -0.381 e. The van der Waals surface area contributed by atoms with E-state index in [1.165, 1.54) is 17.7 Å². The first-order chi connectivity index (χ1) is 13.5. The van der Waals surface area contributed by atoms with Gasteiger partial charge in [-0.3, -0.25) is 0 Å². The molecule has 1 aliphatic rings. The zero-order valence-corrected chi connectivity index (χ0v) is 16.4. The van der Waals surface area contributed by atoms with E-state index in [0.717, 1.165) is 18.4 Å². The fourth-order valence-corrected chi connectivity index (χ4v) is 3.56. The summed E-state index contributed by atoms with van der Waals surface area (Å²) in [5, 5.41) is 9.40. The van der Waals surface area contributed by atoms with E-state index in [1.807, 2.05) is 25.1 Å². The Balaban J connectivity index is 1.63. The van der Waals surface area contributed by atoms with Crippen LogP contribution >= 0.6 is 0 Å². The molecule has 6 heteroatoms. The van der Waals surface area contributed by atoms with E-state index in [-0.39, 0.29) is 23.4 Å². The predicted molar refractivity (Wildman–Crippen MR) is 109 cm³/mol. The number of urea groups is 1. The van der Waals surface area contributed by atoms with E-state index in [9.17, 15) is 9.18 Å². The van der Waals surface area contributed by atoms with E-state index in [2.05, 4.69) is 35.0 Å². The van der Waals surface area contributed by atoms with Gasteiger partial charge in [0, 0.05) is 37.0 Å². The molecule has 2 aromatic carbocycles. The van der Waals surface area contributed by atoms with Gasteiger partial charge in [-0.25, -0.2) is 9.18 Å². The minimum absolute atomic E-state index is 0.148. The molecule has 0 aliphatic carbocycles. The monoisotopic (exact) mass is 385 g/mol. The fraction of sp³-hybridized carbons (Fsp3) is 0.409. The van der Waals surface area contributed by atoms with E-state index in [0.29, 0.717) is 25.4 Å². The molecule has 1 atom stereocenters. The largest absolute Gasteiger partial charge is 0.381 e. The Morgan fingerprint density at radius 3 is 2.61 bits per heavy atom. The van der Waals surface area contributed by atoms with Crippen LogP contribution in [0.1, 0.15) is 36.9 Å². The molecule has 5 nitrogen and oxygen atoms in total. The molecule has 1 heterocycles. The highest BCUT2D eigenvalue weighted by molar-refractivity contribution is 5.90. The number of amides is 2. The first-order valence-electron chi connectivity index (χ1n) is 9.69. The molecule has 0 unspecified atom stereocenters. The molecule has 3 rings (SSSR count). The number of carbonyl (C=O) groups is 1. The maximum absolute atomic E-state index is 13.4. The molecule has 0 saturated carbocycles. The number of hydrogen-bond acceptors (Lipinski definition) is 3. The standard InChI is InChI=1S/C22H28FN3O2/c1-16-8-9-19(23)14-20(16)25-21(27)24-15-22(10-12-28-13-11-22)26-17(2)18-6-4-3-5-7-18/h3-9,14,17,26H,10-13,15H2,1-2H3,(H2,24,25,27)/t17-/m0/s1. The lowest BCUT2D eigenvalue weighted by Crippen LogP contribution is -2.57. The Labute approximate surface area is 165 Å². The summed E-state index contributed by atoms with van der Waals surface area (Å²) in [6, 6.07) is 14.4. The quantitative estimate of drug-likeness (QED) is 0.700. The van der Waals surface area contributed by atoms with Crippen molar-refractivity contribution in [2.24, 2.45) is 0 Å². The number of nitrogens with one attached hydrogen (secondary N) is 3. The number of ether oxygens (including phenoxy) is 1. The van der Waals surface area contributed by atoms with Crippen molar-refractivity contribution in [2.75, 3.05) is 25.1 Å². The summed E-state index contributed by atoms with van der Waals surface area (Å²) >= 11 is 0. The number of anilines is 1. The van der Waals surface area contributed by atoms with Crippen LogP contribution in [0.2, 0.25) is 0 Å². The Bertz CT molecular complexity index is 792. The SMILES string of the molecule is Cc1ccc(F)cc1NC(=O)NCC1(N[C@@H](C)c2ccccc2)CCOCC1. The highest BCUT2D eigenvalue weighted by Gasteiger charge is 2.34. The highest BCUT2D eigenvalue weighted by atomic mass is 19.1. The molecule has 0 spiro atoms. The number of hydrogen-bond donors (Lipinski definition) is 3. The van der Waals surface area contributed by atoms with Gasteiger partial charge in [-0.1, -0.05) is 36.4 Å². The van der Waals surface area contributed by atoms with Crippen LogP contribution < -0.4 is 16.0 Å². The van der Waals surface area contributed by atoms with Crippen LogP contribution in [0.15, 0.2) is 48.5 Å². The van der Waals surface area contributed by atoms with Gasteiger partial charge in [-0.05, 0) is 49.9 Å². The first-order valence-corrected chi connectivity index (χ1v) is 9.69. The van der Waals surface area contributed by atoms with E-state index in [4.69, 9.17) is 4.74 Å². The molecule has 28 heavy (non-hydrogen) atoms. The summed E-state index contributed by atoms with van der Waals surface area (Å²) in [6.45, 7) is 5.73. The van der Waals surface area contributed by atoms with Crippen LogP contribution in [0.4, 0.5) is 14.9 Å². The molecule has 0 radical (unpaired) electrons. The molecule has 1 aliphatic heterocycles. The normalized spacial score (nSPS) is 17.0. The zero-order valence-electron chi connectivity index (χ0n) is 16.4. The van der Waals surface area contributed by atoms with Crippen LogP contribution in [-0.2, 0) is 4.74 Å². The van der Waals surface area contributed by atoms with Crippen molar-refractivity contribution < 1.29 is 13.9 Å². The summed E-state index contributed by atoms with van der Waals surface area (Å²) in [7, 11) is 0. The van der Waals surface area contributed by atoms with Gasteiger partial charge >= 0.3 is 6.03 Å². The van der Waals surface area contributed by atoms with E-state index in [1.54, 1.807) is 6.07 Å². The minimum atomic E-state index is -0.375. The van der Waals surface area contributed by atoms with Crippen molar-refractivity contribution in [3.05, 3.63) is 65.5 Å². The lowest BCUT2D eigenvalue weighted by atomic mass is 9.88. The number of halogens is 1. The number of aryl methyl sites for hydroxylation is 1. The van der Waals surface area contributed by atoms with Gasteiger partial charge in [-0.15, -0.1) is 0 Å². The van der Waals surface area contributed by atoms with Crippen molar-refractivity contribution in [3.8, 4) is 0 Å². The van der Waals surface area contributed by atoms with Gasteiger partial charge in [0.05, 0.1) is 0 Å². The molecule has 0 aromatic heterocycles. The molecule has 2 aromatic rings. The predicted octanol–water partition coefficient (Wildman–Crippen LogP) is 4.16. The fourth-order valence-electron chi connectivity index (χ4n) is 3.56. The summed E-state index contributed by atoms with van der Waals surface area (Å²) in [4.78, 5) is 12.4. The van der Waals surface area contributed by atoms with E-state index >= 15 is 0 Å². The molecule has 3 N–H and O–H groups in total. The summed E-state index contributed by atoms with van der Waals surface area (Å²) in [6.07, 6.45) is 1.62. The summed E-state index contributed by atoms with van der Waals surface area (Å²) < 4.78 is 19.0. The van der Waals surface area contributed by atoms with Crippen molar-refractivity contribution in [2.45, 2.75) is 38.3 Å². The van der Waals surface area contributed by atoms with Crippen LogP contribution in [0, 0.1) is 12.7 Å². The van der Waals surface area contributed by atoms with Gasteiger partial charge in [0.2, 0.25) is 0 Å². The van der Waals surface area contributed by atoms with Crippen LogP contribution in [-0.4, -0.2) is 31.3 Å². The van der Waals surface area contributed by atoms with Crippen molar-refractivity contribution in [1.29, 1.82) is 0 Å². The van der Waals surface area contributed by atoms with Crippen LogP contribution in [0.5, 0.6) is 0 Å². The summed E-state index contributed by atoms with van der Waals surface area (Å²) in [5.74, 6) is -0.375. The average molecular weight is 385 g/mol. The van der Waals surface area contributed by atoms with Crippen molar-refractivity contribution in [1.82, 2.24) is 10.6 Å². The number of benzene rings is 2. The van der Waals surface area contributed by atoms with Crippen LogP contribution in [0.25, 0.3) is 0 Å². The molecule has 2 amide bonds. The molecule has 1 saturated heterocycles. The van der Waals surface area contributed by atoms with Crippen molar-refractivity contribution in [3.63, 3.8) is 0 Å². The third-order valence-electron chi connectivity index (χ3n) is 5.31. The lowest BCUT2D eigenvalue weighted by Gasteiger charge is -2.40. The van der Waals surface area contributed by atoms with Gasteiger partial charge in [0.15, 0.2) is 0 Å². The Morgan fingerprint density at radius 1 is 1.18 bits per heavy atom. The Morgan fingerprint density at radius 2 is 1.89 bits per heavy atom. The first kappa shape index (κ1) is 20.3. The maximum atomic E-state index is 13.4. The van der Waals surface area contributed by atoms with Gasteiger partial charge < -0.3 is 20.7 Å². The lowest BCUT2D eigenvalue weighted by molar-refractivity contribution is 0.0349. The second kappa shape index (κ2) is 9.17. The second-order valence-corrected chi connectivity index (χ2v) is 7.44. The van der Waals surface area contributed by atoms with Gasteiger partial charge in [0.1, 0.15) is 5.82 Å². The molecule has 0 bridgehead atoms. The topological polar surface area (TPSA) is 62.4 Å². The van der Waals surface area contributed by atoms with Gasteiger partial charge in [0.25, 0.3) is 0 Å². The summed E-state index contributed by atoms with van der Waals surface area (Å²) in [5.41, 5.74) is 2.24.